The van der Waals surface area contributed by atoms with Crippen LogP contribution >= 0.6 is 0 Å². The van der Waals surface area contributed by atoms with E-state index in [9.17, 15) is 14.0 Å². The highest BCUT2D eigenvalue weighted by atomic mass is 19.1. The van der Waals surface area contributed by atoms with E-state index in [1.165, 1.54) is 18.2 Å². The van der Waals surface area contributed by atoms with Crippen molar-refractivity contribution in [3.63, 3.8) is 0 Å². The van der Waals surface area contributed by atoms with Gasteiger partial charge in [-0.2, -0.15) is 0 Å². The zero-order valence-electron chi connectivity index (χ0n) is 14.9. The Morgan fingerprint density at radius 3 is 2.89 bits per heavy atom. The van der Waals surface area contributed by atoms with Gasteiger partial charge in [0.1, 0.15) is 29.9 Å². The molecule has 142 valence electrons. The molecule has 2 aromatic rings. The molecule has 0 aliphatic carbocycles. The molecule has 0 radical (unpaired) electrons. The van der Waals surface area contributed by atoms with Crippen LogP contribution in [-0.2, 0) is 16.0 Å². The van der Waals surface area contributed by atoms with E-state index in [-0.39, 0.29) is 18.0 Å². The first-order valence-electron chi connectivity index (χ1n) is 8.90. The molecule has 2 heterocycles. The summed E-state index contributed by atoms with van der Waals surface area (Å²) in [6.45, 7) is 0.403. The van der Waals surface area contributed by atoms with Crippen LogP contribution in [0.25, 0.3) is 0 Å². The molecule has 0 spiro atoms. The van der Waals surface area contributed by atoms with Crippen molar-refractivity contribution >= 4 is 23.2 Å². The Hall–Kier alpha value is -3.48. The topological polar surface area (TPSA) is 79.8 Å². The second-order valence-corrected chi connectivity index (χ2v) is 6.63. The third-order valence-electron chi connectivity index (χ3n) is 4.53. The molecule has 2 aromatic carbocycles. The maximum Gasteiger partial charge on any atom is 0.270 e. The van der Waals surface area contributed by atoms with Gasteiger partial charge in [-0.15, -0.1) is 0 Å². The summed E-state index contributed by atoms with van der Waals surface area (Å²) in [6.07, 6.45) is 2.47. The van der Waals surface area contributed by atoms with Gasteiger partial charge in [-0.3, -0.25) is 14.6 Å². The second kappa shape index (κ2) is 7.64. The molecule has 0 aromatic heterocycles. The van der Waals surface area contributed by atoms with Crippen molar-refractivity contribution in [1.82, 2.24) is 5.32 Å². The molecule has 2 N–H and O–H groups in total. The molecule has 0 unspecified atom stereocenters. The van der Waals surface area contributed by atoms with E-state index < -0.39 is 23.7 Å². The number of halogens is 1. The van der Waals surface area contributed by atoms with Gasteiger partial charge in [-0.1, -0.05) is 30.3 Å². The lowest BCUT2D eigenvalue weighted by Gasteiger charge is -2.14. The van der Waals surface area contributed by atoms with E-state index >= 15 is 0 Å². The Balaban J connectivity index is 1.39. The number of fused-ring (bicyclic) bond motifs is 1. The number of aliphatic imine (C=N–C) groups is 1. The van der Waals surface area contributed by atoms with Gasteiger partial charge in [-0.05, 0) is 35.8 Å². The zero-order chi connectivity index (χ0) is 19.5. The van der Waals surface area contributed by atoms with Crippen molar-refractivity contribution in [2.75, 3.05) is 18.5 Å². The van der Waals surface area contributed by atoms with Crippen molar-refractivity contribution in [2.24, 2.45) is 4.99 Å². The van der Waals surface area contributed by atoms with Gasteiger partial charge in [-0.25, -0.2) is 4.39 Å². The average Bonchev–Trinajstić information content (AvgIpc) is 3.09. The summed E-state index contributed by atoms with van der Waals surface area (Å²) in [6, 6.07) is 12.9. The fraction of sp³-hybridized carbons (Fsp3) is 0.190. The third-order valence-corrected chi connectivity index (χ3v) is 4.53. The summed E-state index contributed by atoms with van der Waals surface area (Å²) in [5, 5.41) is 5.22. The second-order valence-electron chi connectivity index (χ2n) is 6.63. The smallest absolute Gasteiger partial charge is 0.270 e. The lowest BCUT2D eigenvalue weighted by atomic mass is 10.1. The van der Waals surface area contributed by atoms with Crippen LogP contribution in [0.15, 0.2) is 65.2 Å². The summed E-state index contributed by atoms with van der Waals surface area (Å²) >= 11 is 0. The predicted octanol–water partition coefficient (Wildman–Crippen LogP) is 2.27. The standard InChI is InChI=1S/C21H18FN3O3/c22-15-6-7-19-16(10-15)24-21(27)18(12-28-19)25-20(26)17-9-14(11-23-17)8-13-4-2-1-3-5-13/h1-7,9-10,18H,8,11-12H2,(H,24,27)(H,25,26)/t18-/m0/s1. The number of anilines is 1. The van der Waals surface area contributed by atoms with Crippen LogP contribution in [0.5, 0.6) is 5.75 Å². The van der Waals surface area contributed by atoms with E-state index in [0.29, 0.717) is 12.3 Å². The minimum absolute atomic E-state index is 0.0515. The van der Waals surface area contributed by atoms with Crippen molar-refractivity contribution in [3.8, 4) is 5.75 Å². The molecule has 0 bridgehead atoms. The minimum atomic E-state index is -0.905. The molecule has 0 fully saturated rings. The number of nitrogens with zero attached hydrogens (tertiary/aromatic N) is 1. The van der Waals surface area contributed by atoms with E-state index in [1.54, 1.807) is 6.08 Å². The molecule has 2 aliphatic rings. The van der Waals surface area contributed by atoms with Crippen molar-refractivity contribution < 1.29 is 18.7 Å². The number of hydrogen-bond acceptors (Lipinski definition) is 4. The van der Waals surface area contributed by atoms with Crippen LogP contribution in [0.2, 0.25) is 0 Å². The maximum atomic E-state index is 13.4. The minimum Gasteiger partial charge on any atom is -0.489 e. The highest BCUT2D eigenvalue weighted by Gasteiger charge is 2.28. The molecule has 28 heavy (non-hydrogen) atoms. The lowest BCUT2D eigenvalue weighted by molar-refractivity contribution is -0.123. The number of hydrogen-bond donors (Lipinski definition) is 2. The average molecular weight is 379 g/mol. The first-order chi connectivity index (χ1) is 13.6. The van der Waals surface area contributed by atoms with Crippen molar-refractivity contribution in [1.29, 1.82) is 0 Å². The molecule has 0 saturated carbocycles. The molecule has 0 saturated heterocycles. The summed E-state index contributed by atoms with van der Waals surface area (Å²) in [7, 11) is 0. The largest absolute Gasteiger partial charge is 0.489 e. The number of nitrogens with one attached hydrogen (secondary N) is 2. The molecule has 7 heteroatoms. The van der Waals surface area contributed by atoms with Gasteiger partial charge in [0.2, 0.25) is 0 Å². The summed E-state index contributed by atoms with van der Waals surface area (Å²) < 4.78 is 18.9. The number of carbonyl (C=O) groups is 2. The fourth-order valence-corrected chi connectivity index (χ4v) is 3.11. The van der Waals surface area contributed by atoms with Gasteiger partial charge in [0.25, 0.3) is 11.8 Å². The molecular weight excluding hydrogens is 361 g/mol. The molecular formula is C21H18FN3O3. The molecule has 6 nitrogen and oxygen atoms in total. The van der Waals surface area contributed by atoms with Gasteiger partial charge < -0.3 is 15.4 Å². The monoisotopic (exact) mass is 379 g/mol. The van der Waals surface area contributed by atoms with Gasteiger partial charge >= 0.3 is 0 Å². The summed E-state index contributed by atoms with van der Waals surface area (Å²) in [4.78, 5) is 29.1. The first-order valence-corrected chi connectivity index (χ1v) is 8.90. The van der Waals surface area contributed by atoms with Crippen molar-refractivity contribution in [3.05, 3.63) is 71.6 Å². The first kappa shape index (κ1) is 17.9. The molecule has 2 aliphatic heterocycles. The van der Waals surface area contributed by atoms with Crippen LogP contribution in [0, 0.1) is 5.82 Å². The number of carbonyl (C=O) groups excluding carboxylic acids is 2. The highest BCUT2D eigenvalue weighted by Crippen LogP contribution is 2.27. The zero-order valence-corrected chi connectivity index (χ0v) is 14.9. The number of amides is 2. The highest BCUT2D eigenvalue weighted by molar-refractivity contribution is 6.44. The molecule has 1 atom stereocenters. The predicted molar refractivity (Wildman–Crippen MR) is 103 cm³/mol. The normalized spacial score (nSPS) is 18.2. The van der Waals surface area contributed by atoms with Crippen molar-refractivity contribution in [2.45, 2.75) is 12.5 Å². The molecule has 4 rings (SSSR count). The van der Waals surface area contributed by atoms with Gasteiger partial charge in [0, 0.05) is 6.07 Å². The van der Waals surface area contributed by atoms with Gasteiger partial charge in [0.05, 0.1) is 12.2 Å². The molecule has 2 amide bonds. The Bertz CT molecular complexity index is 986. The number of ether oxygens (including phenoxy) is 1. The van der Waals surface area contributed by atoms with E-state index in [4.69, 9.17) is 4.74 Å². The van der Waals surface area contributed by atoms with Crippen LogP contribution < -0.4 is 15.4 Å². The Kier molecular flexibility index (Phi) is 4.89. The number of benzene rings is 2. The van der Waals surface area contributed by atoms with Gasteiger partial charge in [0.15, 0.2) is 0 Å². The third kappa shape index (κ3) is 3.93. The van der Waals surface area contributed by atoms with Crippen LogP contribution in [0.1, 0.15) is 5.56 Å². The Morgan fingerprint density at radius 1 is 1.25 bits per heavy atom. The summed E-state index contributed by atoms with van der Waals surface area (Å²) in [5.74, 6) is -1.04. The summed E-state index contributed by atoms with van der Waals surface area (Å²) in [5.41, 5.74) is 2.70. The van der Waals surface area contributed by atoms with Crippen LogP contribution in [-0.4, -0.2) is 36.7 Å². The van der Waals surface area contributed by atoms with Crippen LogP contribution in [0.4, 0.5) is 10.1 Å². The lowest BCUT2D eigenvalue weighted by Crippen LogP contribution is -2.48. The SMILES string of the molecule is O=C(N[C@H]1COc2ccc(F)cc2NC1=O)C1=NCC(Cc2ccccc2)=C1. The Labute approximate surface area is 161 Å². The fourth-order valence-electron chi connectivity index (χ4n) is 3.11. The van der Waals surface area contributed by atoms with Crippen LogP contribution in [0.3, 0.4) is 0 Å². The Morgan fingerprint density at radius 2 is 2.07 bits per heavy atom. The van der Waals surface area contributed by atoms with E-state index in [2.05, 4.69) is 15.6 Å². The van der Waals surface area contributed by atoms with E-state index in [1.807, 2.05) is 30.3 Å². The van der Waals surface area contributed by atoms with E-state index in [0.717, 1.165) is 17.6 Å². The maximum absolute atomic E-state index is 13.4. The number of rotatable bonds is 4. The quantitative estimate of drug-likeness (QED) is 0.855.